The zero-order valence-corrected chi connectivity index (χ0v) is 11.3. The Balaban J connectivity index is 2.08. The van der Waals surface area contributed by atoms with Crippen molar-refractivity contribution in [3.8, 4) is 0 Å². The molecule has 1 aromatic carbocycles. The third-order valence-electron chi connectivity index (χ3n) is 3.77. The molecule has 1 N–H and O–H groups in total. The predicted octanol–water partition coefficient (Wildman–Crippen LogP) is 4.57. The highest BCUT2D eigenvalue weighted by Gasteiger charge is 2.21. The van der Waals surface area contributed by atoms with Gasteiger partial charge in [-0.1, -0.05) is 62.4 Å². The molecule has 0 aromatic heterocycles. The molecule has 17 heavy (non-hydrogen) atoms. The van der Waals surface area contributed by atoms with Gasteiger partial charge in [0.05, 0.1) is 0 Å². The van der Waals surface area contributed by atoms with E-state index >= 15 is 0 Å². The van der Waals surface area contributed by atoms with Gasteiger partial charge in [-0.15, -0.1) is 0 Å². The van der Waals surface area contributed by atoms with Gasteiger partial charge in [0, 0.05) is 11.1 Å². The van der Waals surface area contributed by atoms with Gasteiger partial charge in [0.25, 0.3) is 0 Å². The second-order valence-corrected chi connectivity index (χ2v) is 5.43. The highest BCUT2D eigenvalue weighted by Crippen LogP contribution is 2.34. The van der Waals surface area contributed by atoms with Crippen LogP contribution < -0.4 is 5.32 Å². The summed E-state index contributed by atoms with van der Waals surface area (Å²) < 4.78 is 0. The normalized spacial score (nSPS) is 18.5. The number of rotatable bonds is 5. The van der Waals surface area contributed by atoms with Crippen LogP contribution in [-0.2, 0) is 0 Å². The largest absolute Gasteiger partial charge is 0.310 e. The summed E-state index contributed by atoms with van der Waals surface area (Å²) in [6.45, 7) is 3.17. The second kappa shape index (κ2) is 6.42. The molecule has 0 saturated heterocycles. The Morgan fingerprint density at radius 1 is 1.29 bits per heavy atom. The average Bonchev–Trinajstić information content (AvgIpc) is 2.82. The number of nitrogens with one attached hydrogen (secondary N) is 1. The van der Waals surface area contributed by atoms with Crippen molar-refractivity contribution < 1.29 is 0 Å². The fourth-order valence-electron chi connectivity index (χ4n) is 2.90. The molecule has 1 saturated carbocycles. The topological polar surface area (TPSA) is 12.0 Å². The fourth-order valence-corrected chi connectivity index (χ4v) is 3.17. The van der Waals surface area contributed by atoms with Gasteiger partial charge in [-0.25, -0.2) is 0 Å². The maximum Gasteiger partial charge on any atom is 0.0453 e. The van der Waals surface area contributed by atoms with Gasteiger partial charge in [0.15, 0.2) is 0 Å². The smallest absolute Gasteiger partial charge is 0.0453 e. The molecule has 1 unspecified atom stereocenters. The first-order chi connectivity index (χ1) is 8.31. The van der Waals surface area contributed by atoms with Gasteiger partial charge in [0.2, 0.25) is 0 Å². The molecule has 0 bridgehead atoms. The standard InChI is InChI=1S/C15H22ClN/c1-2-17-15(11-12-7-3-4-8-12)13-9-5-6-10-14(13)16/h5-6,9-10,12,15,17H,2-4,7-8,11H2,1H3. The lowest BCUT2D eigenvalue weighted by Gasteiger charge is -2.22. The molecule has 94 valence electrons. The van der Waals surface area contributed by atoms with Gasteiger partial charge >= 0.3 is 0 Å². The van der Waals surface area contributed by atoms with E-state index in [-0.39, 0.29) is 0 Å². The van der Waals surface area contributed by atoms with Gasteiger partial charge in [-0.2, -0.15) is 0 Å². The Morgan fingerprint density at radius 2 is 2.00 bits per heavy atom. The van der Waals surface area contributed by atoms with E-state index in [2.05, 4.69) is 24.4 Å². The minimum absolute atomic E-state index is 0.428. The van der Waals surface area contributed by atoms with E-state index in [9.17, 15) is 0 Å². The minimum atomic E-state index is 0.428. The first-order valence-corrected chi connectivity index (χ1v) is 7.17. The van der Waals surface area contributed by atoms with Crippen LogP contribution in [0, 0.1) is 5.92 Å². The Bertz CT molecular complexity index is 345. The zero-order valence-electron chi connectivity index (χ0n) is 10.6. The highest BCUT2D eigenvalue weighted by atomic mass is 35.5. The van der Waals surface area contributed by atoms with Crippen molar-refractivity contribution in [3.63, 3.8) is 0 Å². The van der Waals surface area contributed by atoms with Crippen LogP contribution >= 0.6 is 11.6 Å². The molecule has 0 aliphatic heterocycles. The van der Waals surface area contributed by atoms with Gasteiger partial charge in [-0.3, -0.25) is 0 Å². The van der Waals surface area contributed by atoms with Gasteiger partial charge < -0.3 is 5.32 Å². The lowest BCUT2D eigenvalue weighted by Crippen LogP contribution is -2.23. The Hall–Kier alpha value is -0.530. The molecule has 0 amide bonds. The molecule has 1 nitrogen and oxygen atoms in total. The summed E-state index contributed by atoms with van der Waals surface area (Å²) in [6.07, 6.45) is 6.84. The van der Waals surface area contributed by atoms with Gasteiger partial charge in [-0.05, 0) is 30.5 Å². The Labute approximate surface area is 110 Å². The zero-order chi connectivity index (χ0) is 12.1. The van der Waals surface area contributed by atoms with E-state index in [1.807, 2.05) is 12.1 Å². The summed E-state index contributed by atoms with van der Waals surface area (Å²) in [5.41, 5.74) is 1.27. The molecule has 2 rings (SSSR count). The minimum Gasteiger partial charge on any atom is -0.310 e. The Kier molecular flexibility index (Phi) is 4.87. The highest BCUT2D eigenvalue weighted by molar-refractivity contribution is 6.31. The molecule has 2 heteroatoms. The quantitative estimate of drug-likeness (QED) is 0.808. The summed E-state index contributed by atoms with van der Waals surface area (Å²) in [5, 5.41) is 4.48. The van der Waals surface area contributed by atoms with Crippen LogP contribution in [0.2, 0.25) is 5.02 Å². The summed E-state index contributed by atoms with van der Waals surface area (Å²) in [4.78, 5) is 0. The third-order valence-corrected chi connectivity index (χ3v) is 4.12. The SMILES string of the molecule is CCNC(CC1CCCC1)c1ccccc1Cl. The van der Waals surface area contributed by atoms with E-state index in [0.717, 1.165) is 17.5 Å². The summed E-state index contributed by atoms with van der Waals surface area (Å²) in [5.74, 6) is 0.885. The van der Waals surface area contributed by atoms with Crippen LogP contribution in [-0.4, -0.2) is 6.54 Å². The van der Waals surface area contributed by atoms with Crippen LogP contribution in [0.4, 0.5) is 0 Å². The predicted molar refractivity (Wildman–Crippen MR) is 74.4 cm³/mol. The van der Waals surface area contributed by atoms with Crippen LogP contribution in [0.15, 0.2) is 24.3 Å². The third kappa shape index (κ3) is 3.46. The molecule has 1 fully saturated rings. The average molecular weight is 252 g/mol. The number of benzene rings is 1. The van der Waals surface area contributed by atoms with Crippen LogP contribution in [0.3, 0.4) is 0 Å². The van der Waals surface area contributed by atoms with Crippen molar-refractivity contribution in [2.24, 2.45) is 5.92 Å². The van der Waals surface area contributed by atoms with Crippen molar-refractivity contribution in [2.75, 3.05) is 6.54 Å². The molecule has 0 spiro atoms. The van der Waals surface area contributed by atoms with E-state index < -0.39 is 0 Å². The Morgan fingerprint density at radius 3 is 2.65 bits per heavy atom. The lowest BCUT2D eigenvalue weighted by atomic mass is 9.93. The molecule has 1 atom stereocenters. The first kappa shape index (κ1) is 12.9. The monoisotopic (exact) mass is 251 g/mol. The van der Waals surface area contributed by atoms with E-state index in [4.69, 9.17) is 11.6 Å². The molecule has 0 radical (unpaired) electrons. The van der Waals surface area contributed by atoms with Crippen molar-refractivity contribution in [1.82, 2.24) is 5.32 Å². The molecule has 0 heterocycles. The number of halogens is 1. The van der Waals surface area contributed by atoms with Crippen molar-refractivity contribution in [2.45, 2.75) is 45.1 Å². The van der Waals surface area contributed by atoms with Crippen LogP contribution in [0.5, 0.6) is 0 Å². The summed E-state index contributed by atoms with van der Waals surface area (Å²) in [7, 11) is 0. The van der Waals surface area contributed by atoms with Crippen LogP contribution in [0.25, 0.3) is 0 Å². The molecular formula is C15H22ClN. The molecule has 1 aliphatic carbocycles. The maximum absolute atomic E-state index is 6.30. The maximum atomic E-state index is 6.30. The first-order valence-electron chi connectivity index (χ1n) is 6.79. The summed E-state index contributed by atoms with van der Waals surface area (Å²) in [6, 6.07) is 8.67. The van der Waals surface area contributed by atoms with E-state index in [0.29, 0.717) is 6.04 Å². The van der Waals surface area contributed by atoms with Gasteiger partial charge in [0.1, 0.15) is 0 Å². The van der Waals surface area contributed by atoms with Crippen LogP contribution in [0.1, 0.15) is 50.6 Å². The second-order valence-electron chi connectivity index (χ2n) is 5.02. The fraction of sp³-hybridized carbons (Fsp3) is 0.600. The molecule has 1 aliphatic rings. The number of hydrogen-bond donors (Lipinski definition) is 1. The van der Waals surface area contributed by atoms with E-state index in [1.54, 1.807) is 0 Å². The lowest BCUT2D eigenvalue weighted by molar-refractivity contribution is 0.401. The van der Waals surface area contributed by atoms with Crippen molar-refractivity contribution in [3.05, 3.63) is 34.9 Å². The summed E-state index contributed by atoms with van der Waals surface area (Å²) >= 11 is 6.30. The molecule has 1 aromatic rings. The van der Waals surface area contributed by atoms with E-state index in [1.165, 1.54) is 37.7 Å². The number of hydrogen-bond acceptors (Lipinski definition) is 1. The van der Waals surface area contributed by atoms with Crippen molar-refractivity contribution in [1.29, 1.82) is 0 Å². The molecular weight excluding hydrogens is 230 g/mol. The van der Waals surface area contributed by atoms with Crippen molar-refractivity contribution >= 4 is 11.6 Å².